The highest BCUT2D eigenvalue weighted by molar-refractivity contribution is 7.17. The quantitative estimate of drug-likeness (QED) is 0.472. The highest BCUT2D eigenvalue weighted by atomic mass is 32.1. The first-order valence-electron chi connectivity index (χ1n) is 9.00. The van der Waals surface area contributed by atoms with Crippen LogP contribution in [0, 0.1) is 0 Å². The largest absolute Gasteiger partial charge is 0.276 e. The zero-order valence-corrected chi connectivity index (χ0v) is 16.1. The van der Waals surface area contributed by atoms with E-state index in [2.05, 4.69) is 21.2 Å². The summed E-state index contributed by atoms with van der Waals surface area (Å²) in [7, 11) is 1.87. The number of rotatable bonds is 4. The molecule has 0 saturated heterocycles. The van der Waals surface area contributed by atoms with Crippen LogP contribution in [0.4, 0.5) is 0 Å². The molecule has 0 aliphatic rings. The molecule has 0 aliphatic heterocycles. The smallest absolute Gasteiger partial charge is 0.275 e. The molecule has 0 spiro atoms. The maximum Gasteiger partial charge on any atom is 0.276 e. The van der Waals surface area contributed by atoms with Crippen LogP contribution in [0.5, 0.6) is 0 Å². The van der Waals surface area contributed by atoms with E-state index in [0.717, 1.165) is 32.4 Å². The third kappa shape index (κ3) is 2.90. The van der Waals surface area contributed by atoms with E-state index in [9.17, 15) is 4.79 Å². The zero-order valence-electron chi connectivity index (χ0n) is 15.2. The molecular weight excluding hydrogens is 370 g/mol. The number of fused-ring (bicyclic) bond motifs is 2. The van der Waals surface area contributed by atoms with Crippen molar-refractivity contribution in [3.8, 4) is 11.1 Å². The summed E-state index contributed by atoms with van der Waals surface area (Å²) < 4.78 is 4.17. The summed E-state index contributed by atoms with van der Waals surface area (Å²) in [5, 5.41) is 12.4. The van der Waals surface area contributed by atoms with Gasteiger partial charge in [-0.1, -0.05) is 24.3 Å². The predicted molar refractivity (Wildman–Crippen MR) is 112 cm³/mol. The van der Waals surface area contributed by atoms with Crippen LogP contribution in [0.2, 0.25) is 0 Å². The fourth-order valence-corrected chi connectivity index (χ4v) is 4.31. The molecule has 7 heteroatoms. The van der Waals surface area contributed by atoms with Crippen LogP contribution in [-0.4, -0.2) is 24.5 Å². The molecule has 0 bridgehead atoms. The molecule has 0 atom stereocenters. The second-order valence-electron chi connectivity index (χ2n) is 6.71. The molecule has 6 nitrogen and oxygen atoms in total. The number of benzene rings is 1. The van der Waals surface area contributed by atoms with Crippen molar-refractivity contribution in [2.75, 3.05) is 0 Å². The summed E-state index contributed by atoms with van der Waals surface area (Å²) in [6.45, 7) is 0.489. The standard InChI is InChI=1S/C21H17N5OS/c1-25-12-15(10-22-25)17-13-28-19-11-23-26(21(27)20(17)19)9-8-16-7-6-14-4-2-3-5-18(14)24-16/h2-7,10-13H,8-9H2,1H3. The van der Waals surface area contributed by atoms with Crippen LogP contribution in [0.3, 0.4) is 0 Å². The van der Waals surface area contributed by atoms with Crippen LogP contribution in [0.15, 0.2) is 65.2 Å². The molecule has 5 aromatic rings. The molecule has 0 N–H and O–H groups in total. The average Bonchev–Trinajstić information content (AvgIpc) is 3.34. The fourth-order valence-electron chi connectivity index (χ4n) is 3.39. The SMILES string of the molecule is Cn1cc(-c2csc3cnn(CCc4ccc5ccccc5n4)c(=O)c23)cn1. The van der Waals surface area contributed by atoms with Gasteiger partial charge >= 0.3 is 0 Å². The van der Waals surface area contributed by atoms with Crippen molar-refractivity contribution < 1.29 is 0 Å². The van der Waals surface area contributed by atoms with Crippen molar-refractivity contribution in [3.63, 3.8) is 0 Å². The highest BCUT2D eigenvalue weighted by Crippen LogP contribution is 2.30. The highest BCUT2D eigenvalue weighted by Gasteiger charge is 2.14. The van der Waals surface area contributed by atoms with Gasteiger partial charge in [0, 0.05) is 47.3 Å². The van der Waals surface area contributed by atoms with Crippen LogP contribution in [-0.2, 0) is 20.0 Å². The molecule has 0 unspecified atom stereocenters. The first-order valence-corrected chi connectivity index (χ1v) is 9.88. The van der Waals surface area contributed by atoms with E-state index in [-0.39, 0.29) is 5.56 Å². The Morgan fingerprint density at radius 1 is 1.07 bits per heavy atom. The average molecular weight is 387 g/mol. The molecule has 0 amide bonds. The summed E-state index contributed by atoms with van der Waals surface area (Å²) >= 11 is 1.53. The Bertz CT molecular complexity index is 1360. The van der Waals surface area contributed by atoms with E-state index in [4.69, 9.17) is 0 Å². The Labute approximate surface area is 164 Å². The van der Waals surface area contributed by atoms with Gasteiger partial charge in [-0.05, 0) is 12.1 Å². The van der Waals surface area contributed by atoms with Gasteiger partial charge in [0.25, 0.3) is 5.56 Å². The monoisotopic (exact) mass is 387 g/mol. The third-order valence-corrected chi connectivity index (χ3v) is 5.75. The first-order chi connectivity index (χ1) is 13.7. The van der Waals surface area contributed by atoms with Gasteiger partial charge in [0.1, 0.15) is 0 Å². The summed E-state index contributed by atoms with van der Waals surface area (Å²) in [5.41, 5.74) is 3.70. The number of pyridine rings is 1. The van der Waals surface area contributed by atoms with Crippen molar-refractivity contribution in [1.29, 1.82) is 0 Å². The maximum absolute atomic E-state index is 13.1. The Hall–Kier alpha value is -3.32. The van der Waals surface area contributed by atoms with Gasteiger partial charge in [0.2, 0.25) is 0 Å². The minimum absolute atomic E-state index is 0.0709. The Balaban J connectivity index is 1.48. The zero-order chi connectivity index (χ0) is 19.1. The van der Waals surface area contributed by atoms with E-state index in [1.165, 1.54) is 16.0 Å². The second kappa shape index (κ2) is 6.69. The lowest BCUT2D eigenvalue weighted by molar-refractivity contribution is 0.580. The summed E-state index contributed by atoms with van der Waals surface area (Å²) in [4.78, 5) is 17.8. The minimum atomic E-state index is -0.0709. The Morgan fingerprint density at radius 3 is 2.82 bits per heavy atom. The lowest BCUT2D eigenvalue weighted by Gasteiger charge is -2.06. The second-order valence-corrected chi connectivity index (χ2v) is 7.62. The summed E-state index contributed by atoms with van der Waals surface area (Å²) in [6, 6.07) is 12.1. The van der Waals surface area contributed by atoms with E-state index >= 15 is 0 Å². The molecule has 138 valence electrons. The van der Waals surface area contributed by atoms with Crippen LogP contribution < -0.4 is 5.56 Å². The predicted octanol–water partition coefficient (Wildman–Crippen LogP) is 3.65. The fraction of sp³-hybridized carbons (Fsp3) is 0.143. The molecule has 28 heavy (non-hydrogen) atoms. The molecule has 0 fully saturated rings. The summed E-state index contributed by atoms with van der Waals surface area (Å²) in [5.74, 6) is 0. The van der Waals surface area contributed by atoms with Crippen LogP contribution >= 0.6 is 11.3 Å². The van der Waals surface area contributed by atoms with E-state index < -0.39 is 0 Å². The number of para-hydroxylation sites is 1. The van der Waals surface area contributed by atoms with Gasteiger partial charge in [0.15, 0.2) is 0 Å². The molecule has 0 aliphatic carbocycles. The van der Waals surface area contributed by atoms with Gasteiger partial charge < -0.3 is 0 Å². The Morgan fingerprint density at radius 2 is 1.96 bits per heavy atom. The van der Waals surface area contributed by atoms with E-state index in [1.807, 2.05) is 49.0 Å². The van der Waals surface area contributed by atoms with Crippen molar-refractivity contribution in [2.24, 2.45) is 7.05 Å². The molecule has 4 heterocycles. The summed E-state index contributed by atoms with van der Waals surface area (Å²) in [6.07, 6.45) is 6.13. The molecule has 4 aromatic heterocycles. The number of aryl methyl sites for hydroxylation is 3. The molecule has 1 aromatic carbocycles. The number of aromatic nitrogens is 5. The number of thiophene rings is 1. The lowest BCUT2D eigenvalue weighted by Crippen LogP contribution is -2.23. The Kier molecular flexibility index (Phi) is 4.02. The van der Waals surface area contributed by atoms with Crippen LogP contribution in [0.25, 0.3) is 32.1 Å². The van der Waals surface area contributed by atoms with Gasteiger partial charge in [-0.15, -0.1) is 11.3 Å². The van der Waals surface area contributed by atoms with Crippen molar-refractivity contribution in [3.05, 3.63) is 76.4 Å². The van der Waals surface area contributed by atoms with Gasteiger partial charge in [-0.3, -0.25) is 14.5 Å². The number of hydrogen-bond acceptors (Lipinski definition) is 5. The topological polar surface area (TPSA) is 65.6 Å². The van der Waals surface area contributed by atoms with E-state index in [1.54, 1.807) is 17.1 Å². The minimum Gasteiger partial charge on any atom is -0.275 e. The number of nitrogens with zero attached hydrogens (tertiary/aromatic N) is 5. The normalized spacial score (nSPS) is 11.5. The molecule has 5 rings (SSSR count). The molecule has 0 saturated carbocycles. The van der Waals surface area contributed by atoms with Crippen molar-refractivity contribution >= 4 is 32.3 Å². The van der Waals surface area contributed by atoms with E-state index in [0.29, 0.717) is 18.4 Å². The van der Waals surface area contributed by atoms with Crippen LogP contribution in [0.1, 0.15) is 5.69 Å². The van der Waals surface area contributed by atoms with Crippen molar-refractivity contribution in [1.82, 2.24) is 24.5 Å². The van der Waals surface area contributed by atoms with Gasteiger partial charge in [0.05, 0.1) is 34.5 Å². The maximum atomic E-state index is 13.1. The molecule has 0 radical (unpaired) electrons. The van der Waals surface area contributed by atoms with Gasteiger partial charge in [-0.2, -0.15) is 10.2 Å². The van der Waals surface area contributed by atoms with Crippen molar-refractivity contribution in [2.45, 2.75) is 13.0 Å². The first kappa shape index (κ1) is 16.8. The van der Waals surface area contributed by atoms with Gasteiger partial charge in [-0.25, -0.2) is 4.68 Å². The lowest BCUT2D eigenvalue weighted by atomic mass is 10.1. The molecular formula is C21H17N5OS. The third-order valence-electron chi connectivity index (χ3n) is 4.83. The number of hydrogen-bond donors (Lipinski definition) is 0.